The quantitative estimate of drug-likeness (QED) is 0.186. The Bertz CT molecular complexity index is 1330. The average Bonchev–Trinajstić information content (AvgIpc) is 3.11. The van der Waals surface area contributed by atoms with Gasteiger partial charge < -0.3 is 0 Å². The van der Waals surface area contributed by atoms with Gasteiger partial charge >= 0.3 is 0 Å². The van der Waals surface area contributed by atoms with Crippen LogP contribution in [0.2, 0.25) is 0 Å². The molecule has 0 aromatic carbocycles. The Morgan fingerprint density at radius 2 is 0.711 bits per heavy atom. The van der Waals surface area contributed by atoms with Crippen LogP contribution in [0.3, 0.4) is 0 Å². The minimum absolute atomic E-state index is 0.0150. The lowest BCUT2D eigenvalue weighted by Gasteiger charge is -2.19. The van der Waals surface area contributed by atoms with E-state index in [9.17, 15) is 0 Å². The van der Waals surface area contributed by atoms with Gasteiger partial charge in [0.05, 0.1) is 4.86 Å². The normalized spacial score (nSPS) is 13.4. The van der Waals surface area contributed by atoms with Crippen LogP contribution in [0.25, 0.3) is 22.3 Å². The van der Waals surface area contributed by atoms with Crippen LogP contribution in [0, 0.1) is 0 Å². The zero-order valence-corrected chi connectivity index (χ0v) is 26.5. The van der Waals surface area contributed by atoms with Crippen molar-refractivity contribution < 1.29 is 0 Å². The van der Waals surface area contributed by atoms with Gasteiger partial charge in [0.2, 0.25) is 0 Å². The van der Waals surface area contributed by atoms with Gasteiger partial charge in [0.1, 0.15) is 0 Å². The minimum atomic E-state index is 0.0150. The van der Waals surface area contributed by atoms with Crippen LogP contribution in [0.1, 0.15) is 116 Å². The molecule has 4 aliphatic carbocycles. The molecule has 0 heterocycles. The molecule has 0 aromatic heterocycles. The van der Waals surface area contributed by atoms with Crippen LogP contribution in [0.4, 0.5) is 0 Å². The van der Waals surface area contributed by atoms with E-state index in [4.69, 9.17) is 12.2 Å². The Kier molecular flexibility index (Phi) is 6.98. The number of hydrogen-bond acceptors (Lipinski definition) is 1. The molecular weight excluding hydrogens is 476 g/mol. The van der Waals surface area contributed by atoms with Gasteiger partial charge in [-0.3, -0.25) is 0 Å². The van der Waals surface area contributed by atoms with Crippen LogP contribution >= 0.6 is 12.2 Å². The van der Waals surface area contributed by atoms with Crippen molar-refractivity contribution >= 4 is 17.1 Å². The standard InChI is InChI=1S/C37H46S/c1-34(2,3)23-13-17-25-27(19-15-23)31(36(7,8)9)21-29(25)33(38)30-22-32(37(10,11)12)28-20-16-24(35(4,5)6)14-18-26(28)30/h13-22H,1-12H3. The van der Waals surface area contributed by atoms with Gasteiger partial charge in [-0.1, -0.05) is 144 Å². The summed E-state index contributed by atoms with van der Waals surface area (Å²) in [6, 6.07) is 23.2. The Morgan fingerprint density at radius 3 is 0.974 bits per heavy atom. The summed E-state index contributed by atoms with van der Waals surface area (Å²) in [6.07, 6.45) is 0. The van der Waals surface area contributed by atoms with E-state index < -0.39 is 0 Å². The lowest BCUT2D eigenvalue weighted by molar-refractivity contribution is 0.590. The van der Waals surface area contributed by atoms with E-state index in [2.05, 4.69) is 144 Å². The SMILES string of the molecule is CC(C)(C)c1ccc2c(C(=S)c3cc(C(C)(C)C)c4ccc(C(C)(C)C)ccc3-4)cc(C(C)(C)C)c-2cc1. The largest absolute Gasteiger partial charge is 0.0787 e. The third kappa shape index (κ3) is 5.32. The summed E-state index contributed by atoms with van der Waals surface area (Å²) in [5.41, 5.74) is 13.0. The Balaban J connectivity index is 2.00. The number of rotatable bonds is 2. The van der Waals surface area contributed by atoms with E-state index >= 15 is 0 Å². The van der Waals surface area contributed by atoms with E-state index in [-0.39, 0.29) is 21.7 Å². The predicted molar refractivity (Wildman–Crippen MR) is 172 cm³/mol. The molecule has 38 heavy (non-hydrogen) atoms. The highest BCUT2D eigenvalue weighted by atomic mass is 32.1. The highest BCUT2D eigenvalue weighted by Crippen LogP contribution is 2.44. The molecule has 1 heteroatoms. The van der Waals surface area contributed by atoms with Crippen molar-refractivity contribution in [3.8, 4) is 22.3 Å². The first-order valence-electron chi connectivity index (χ1n) is 14.0. The fraction of sp³-hybridized carbons (Fsp3) is 0.432. The van der Waals surface area contributed by atoms with E-state index in [0.717, 1.165) is 4.86 Å². The van der Waals surface area contributed by atoms with Crippen molar-refractivity contribution in [1.82, 2.24) is 0 Å². The molecule has 0 spiro atoms. The second-order valence-electron chi connectivity index (χ2n) is 15.2. The third-order valence-corrected chi connectivity index (χ3v) is 8.31. The van der Waals surface area contributed by atoms with Crippen LogP contribution in [0.15, 0.2) is 60.7 Å². The molecule has 0 bridgehead atoms. The van der Waals surface area contributed by atoms with Crippen molar-refractivity contribution in [2.45, 2.75) is 105 Å². The first-order chi connectivity index (χ1) is 17.3. The maximum Gasteiger partial charge on any atom is 0.0534 e. The van der Waals surface area contributed by atoms with Crippen molar-refractivity contribution in [2.24, 2.45) is 0 Å². The molecule has 0 amide bonds. The van der Waals surface area contributed by atoms with E-state index in [1.54, 1.807) is 0 Å². The molecule has 0 atom stereocenters. The van der Waals surface area contributed by atoms with Crippen molar-refractivity contribution in [2.75, 3.05) is 0 Å². The molecule has 4 rings (SSSR count). The van der Waals surface area contributed by atoms with Crippen LogP contribution < -0.4 is 0 Å². The fourth-order valence-corrected chi connectivity index (χ4v) is 5.80. The first kappa shape index (κ1) is 28.5. The van der Waals surface area contributed by atoms with E-state index in [0.29, 0.717) is 0 Å². The Hall–Kier alpha value is -2.51. The molecule has 0 saturated carbocycles. The van der Waals surface area contributed by atoms with Gasteiger partial charge in [-0.15, -0.1) is 0 Å². The van der Waals surface area contributed by atoms with Gasteiger partial charge in [-0.05, 0) is 78.3 Å². The van der Waals surface area contributed by atoms with Crippen molar-refractivity contribution in [3.05, 3.63) is 94.0 Å². The van der Waals surface area contributed by atoms with E-state index in [1.165, 1.54) is 55.6 Å². The molecule has 200 valence electrons. The molecule has 0 aromatic rings. The maximum absolute atomic E-state index is 6.39. The van der Waals surface area contributed by atoms with Gasteiger partial charge in [-0.25, -0.2) is 0 Å². The lowest BCUT2D eigenvalue weighted by Crippen LogP contribution is -2.11. The lowest BCUT2D eigenvalue weighted by atomic mass is 9.85. The molecular formula is C37H46S. The van der Waals surface area contributed by atoms with Crippen LogP contribution in [0.5, 0.6) is 0 Å². The molecule has 0 radical (unpaired) electrons. The van der Waals surface area contributed by atoms with Gasteiger partial charge in [-0.2, -0.15) is 0 Å². The zero-order valence-electron chi connectivity index (χ0n) is 25.7. The monoisotopic (exact) mass is 522 g/mol. The highest BCUT2D eigenvalue weighted by Gasteiger charge is 2.30. The van der Waals surface area contributed by atoms with Gasteiger partial charge in [0.15, 0.2) is 0 Å². The Morgan fingerprint density at radius 1 is 0.421 bits per heavy atom. The third-order valence-electron chi connectivity index (χ3n) is 7.87. The molecule has 0 fully saturated rings. The first-order valence-corrected chi connectivity index (χ1v) is 14.4. The summed E-state index contributed by atoms with van der Waals surface area (Å²) >= 11 is 6.39. The van der Waals surface area contributed by atoms with Crippen LogP contribution in [-0.2, 0) is 21.7 Å². The topological polar surface area (TPSA) is 0 Å². The summed E-state index contributed by atoms with van der Waals surface area (Å²) < 4.78 is 0. The molecule has 0 unspecified atom stereocenters. The van der Waals surface area contributed by atoms with Gasteiger partial charge in [0, 0.05) is 11.1 Å². The number of thiocarbonyl (C=S) groups is 1. The molecule has 0 nitrogen and oxygen atoms in total. The molecule has 0 aliphatic heterocycles. The smallest absolute Gasteiger partial charge is 0.0534 e. The summed E-state index contributed by atoms with van der Waals surface area (Å²) in [7, 11) is 0. The molecule has 4 aliphatic rings. The summed E-state index contributed by atoms with van der Waals surface area (Å²) in [5, 5.41) is 0. The summed E-state index contributed by atoms with van der Waals surface area (Å²) in [4.78, 5) is 0.943. The Labute approximate surface area is 237 Å². The van der Waals surface area contributed by atoms with Gasteiger partial charge in [0.25, 0.3) is 0 Å². The second-order valence-corrected chi connectivity index (χ2v) is 15.6. The van der Waals surface area contributed by atoms with Crippen molar-refractivity contribution in [3.63, 3.8) is 0 Å². The van der Waals surface area contributed by atoms with E-state index in [1.807, 2.05) is 0 Å². The van der Waals surface area contributed by atoms with Crippen molar-refractivity contribution in [1.29, 1.82) is 0 Å². The number of hydrogen-bond donors (Lipinski definition) is 0. The summed E-state index contributed by atoms with van der Waals surface area (Å²) in [6.45, 7) is 27.5. The summed E-state index contributed by atoms with van der Waals surface area (Å²) in [5.74, 6) is 0. The fourth-order valence-electron chi connectivity index (χ4n) is 5.46. The predicted octanol–water partition coefficient (Wildman–Crippen LogP) is 10.9. The zero-order chi connectivity index (χ0) is 28.4. The second kappa shape index (κ2) is 9.30. The van der Waals surface area contributed by atoms with Crippen LogP contribution in [-0.4, -0.2) is 4.86 Å². The highest BCUT2D eigenvalue weighted by molar-refractivity contribution is 7.81. The minimum Gasteiger partial charge on any atom is -0.0787 e. The molecule has 0 N–H and O–H groups in total. The maximum atomic E-state index is 6.39. The average molecular weight is 523 g/mol. The number of fused-ring (bicyclic) bond motifs is 2. The molecule has 0 saturated heterocycles.